The molecule has 13 nitrogen and oxygen atoms in total. The molecular formula is C37H65NO12. The van der Waals surface area contributed by atoms with E-state index >= 15 is 0 Å². The highest BCUT2D eigenvalue weighted by Gasteiger charge is 2.56. The Labute approximate surface area is 298 Å². The van der Waals surface area contributed by atoms with Crippen LogP contribution < -0.4 is 5.32 Å². The van der Waals surface area contributed by atoms with E-state index in [4.69, 9.17) is 33.2 Å². The van der Waals surface area contributed by atoms with Gasteiger partial charge in [-0.2, -0.15) is 0 Å². The van der Waals surface area contributed by atoms with Crippen molar-refractivity contribution in [2.75, 3.05) is 13.7 Å². The molecule has 0 spiro atoms. The number of cyclic esters (lactones) is 1. The molecule has 3 fully saturated rings. The van der Waals surface area contributed by atoms with Gasteiger partial charge in [0.1, 0.15) is 41.4 Å². The molecule has 4 rings (SSSR count). The number of ether oxygens (including phenoxy) is 7. The van der Waals surface area contributed by atoms with Gasteiger partial charge in [0.05, 0.1) is 41.9 Å². The summed E-state index contributed by atoms with van der Waals surface area (Å²) in [5, 5.41) is 48.5. The third kappa shape index (κ3) is 8.07. The van der Waals surface area contributed by atoms with Crippen LogP contribution in [0.1, 0.15) is 102 Å². The van der Waals surface area contributed by atoms with Crippen LogP contribution in [0.25, 0.3) is 0 Å². The number of aliphatic hydroxyl groups is 4. The quantitative estimate of drug-likeness (QED) is 0.209. The van der Waals surface area contributed by atoms with Crippen LogP contribution in [0.4, 0.5) is 0 Å². The van der Waals surface area contributed by atoms with Gasteiger partial charge in [-0.15, -0.1) is 0 Å². The van der Waals surface area contributed by atoms with Crippen LogP contribution in [0.5, 0.6) is 0 Å². The second-order valence-electron chi connectivity index (χ2n) is 16.0. The van der Waals surface area contributed by atoms with Crippen LogP contribution >= 0.6 is 0 Å². The normalized spacial score (nSPS) is 46.4. The number of methoxy groups -OCH3 is 1. The van der Waals surface area contributed by atoms with Gasteiger partial charge in [-0.05, 0) is 73.4 Å². The summed E-state index contributed by atoms with van der Waals surface area (Å²) in [6.45, 7) is 20.6. The first kappa shape index (κ1) is 41.4. The van der Waals surface area contributed by atoms with E-state index in [0.717, 1.165) is 5.57 Å². The third-order valence-electron chi connectivity index (χ3n) is 11.8. The van der Waals surface area contributed by atoms with E-state index in [-0.39, 0.29) is 25.0 Å². The van der Waals surface area contributed by atoms with E-state index in [1.165, 1.54) is 14.0 Å². The fraction of sp³-hybridized carbons (Fsp3) is 0.919. The standard InChI is InChI=1S/C37H65NO12/c1-13-25(39)37(11,43)32-20(5)28-18(3)16-36(10,50-28)31(49-34-27(40)24(38-14-2)15-19(4)45-34)21(6)29(22(7)33(42)48-32)47-26-17-35(9,44-12)30(41)23(8)46-26/h19-27,29-32,34,38-41,43H,13-17H2,1-12H3/t19-,20+,21+,22-,23+,24+,25+,26+,27-,29+,30+,31-,32-,34+,35-,36-,37-/m1/s1. The van der Waals surface area contributed by atoms with E-state index in [0.29, 0.717) is 25.1 Å². The predicted molar refractivity (Wildman–Crippen MR) is 184 cm³/mol. The lowest BCUT2D eigenvalue weighted by Crippen LogP contribution is -2.60. The third-order valence-corrected chi connectivity index (χ3v) is 11.8. The SMILES string of the molecule is CCN[C@H]1C[C@@H](C)O[C@@H](O[C@@H]2[C@@H](C)[C@H](O[C@H]3C[C@@](C)(OC)[C@@H](O)[C@H](C)O3)[C@@H](C)C(=O)O[C@@H]([C@](C)(O)[C@@H](O)CC)[C@@H](C)C3=C(C)C[C@@]2(C)O3)[C@@H]1O. The number of nitrogens with one attached hydrogen (secondary N) is 1. The number of hydrogen-bond acceptors (Lipinski definition) is 13. The Balaban J connectivity index is 1.82. The van der Waals surface area contributed by atoms with Crippen molar-refractivity contribution in [1.29, 1.82) is 0 Å². The van der Waals surface area contributed by atoms with Crippen LogP contribution in [0.3, 0.4) is 0 Å². The van der Waals surface area contributed by atoms with Crippen LogP contribution in [0.2, 0.25) is 0 Å². The number of esters is 1. The lowest BCUT2D eigenvalue weighted by atomic mass is 9.78. The van der Waals surface area contributed by atoms with Gasteiger partial charge < -0.3 is 58.9 Å². The van der Waals surface area contributed by atoms with Gasteiger partial charge in [0, 0.05) is 31.9 Å². The van der Waals surface area contributed by atoms with Crippen molar-refractivity contribution in [1.82, 2.24) is 5.32 Å². The van der Waals surface area contributed by atoms with Gasteiger partial charge in [-0.1, -0.05) is 27.7 Å². The largest absolute Gasteiger partial charge is 0.488 e. The Morgan fingerprint density at radius 1 is 1.06 bits per heavy atom. The lowest BCUT2D eigenvalue weighted by Gasteiger charge is -2.48. The minimum Gasteiger partial charge on any atom is -0.488 e. The van der Waals surface area contributed by atoms with Crippen LogP contribution in [-0.2, 0) is 38.0 Å². The van der Waals surface area contributed by atoms with E-state index in [9.17, 15) is 25.2 Å². The zero-order valence-corrected chi connectivity index (χ0v) is 32.2. The highest BCUT2D eigenvalue weighted by Crippen LogP contribution is 2.48. The first-order chi connectivity index (χ1) is 23.2. The fourth-order valence-electron chi connectivity index (χ4n) is 8.70. The number of fused-ring (bicyclic) bond motifs is 2. The summed E-state index contributed by atoms with van der Waals surface area (Å²) in [6.07, 6.45) is -7.27. The van der Waals surface area contributed by atoms with Crippen molar-refractivity contribution >= 4 is 5.97 Å². The summed E-state index contributed by atoms with van der Waals surface area (Å²) in [5.41, 5.74) is -2.95. The number of carbonyl (C=O) groups is 1. The van der Waals surface area contributed by atoms with Crippen LogP contribution in [0.15, 0.2) is 11.3 Å². The maximum absolute atomic E-state index is 14.3. The first-order valence-corrected chi connectivity index (χ1v) is 18.5. The maximum Gasteiger partial charge on any atom is 0.311 e. The molecule has 50 heavy (non-hydrogen) atoms. The molecular weight excluding hydrogens is 650 g/mol. The number of likely N-dealkylation sites (N-methyl/N-ethyl adjacent to an activating group) is 1. The second kappa shape index (κ2) is 15.9. The van der Waals surface area contributed by atoms with Gasteiger partial charge in [0.25, 0.3) is 0 Å². The average molecular weight is 716 g/mol. The van der Waals surface area contributed by atoms with Gasteiger partial charge in [-0.25, -0.2) is 0 Å². The van der Waals surface area contributed by atoms with Crippen LogP contribution in [0, 0.1) is 17.8 Å². The topological polar surface area (TPSA) is 175 Å². The summed E-state index contributed by atoms with van der Waals surface area (Å²) in [4.78, 5) is 14.3. The highest BCUT2D eigenvalue weighted by molar-refractivity contribution is 5.73. The fourth-order valence-corrected chi connectivity index (χ4v) is 8.70. The van der Waals surface area contributed by atoms with Gasteiger partial charge >= 0.3 is 5.97 Å². The number of hydrogen-bond donors (Lipinski definition) is 5. The molecule has 0 unspecified atom stereocenters. The molecule has 0 aliphatic carbocycles. The molecule has 17 atom stereocenters. The minimum absolute atomic E-state index is 0.174. The second-order valence-corrected chi connectivity index (χ2v) is 16.0. The molecule has 290 valence electrons. The molecule has 3 saturated heterocycles. The Kier molecular flexibility index (Phi) is 13.2. The van der Waals surface area contributed by atoms with Crippen molar-refractivity contribution in [3.63, 3.8) is 0 Å². The van der Waals surface area contributed by atoms with Crippen molar-refractivity contribution in [2.45, 2.75) is 186 Å². The Hall–Kier alpha value is -1.39. The zero-order valence-electron chi connectivity index (χ0n) is 32.2. The molecule has 4 aliphatic heterocycles. The Morgan fingerprint density at radius 3 is 2.32 bits per heavy atom. The summed E-state index contributed by atoms with van der Waals surface area (Å²) in [5.74, 6) is -2.26. The summed E-state index contributed by atoms with van der Waals surface area (Å²) >= 11 is 0. The van der Waals surface area contributed by atoms with Crippen molar-refractivity contribution in [2.24, 2.45) is 17.8 Å². The smallest absolute Gasteiger partial charge is 0.311 e. The molecule has 0 saturated carbocycles. The molecule has 5 N–H and O–H groups in total. The predicted octanol–water partition coefficient (Wildman–Crippen LogP) is 2.94. The zero-order chi connectivity index (χ0) is 37.5. The van der Waals surface area contributed by atoms with Gasteiger partial charge in [0.2, 0.25) is 0 Å². The minimum atomic E-state index is -1.82. The monoisotopic (exact) mass is 715 g/mol. The van der Waals surface area contributed by atoms with Gasteiger partial charge in [-0.3, -0.25) is 4.79 Å². The number of aliphatic hydroxyl groups excluding tert-OH is 3. The van der Waals surface area contributed by atoms with E-state index in [1.807, 2.05) is 41.5 Å². The number of rotatable bonds is 10. The van der Waals surface area contributed by atoms with Crippen molar-refractivity contribution in [3.05, 3.63) is 11.3 Å². The summed E-state index contributed by atoms with van der Waals surface area (Å²) in [6, 6.07) is -0.260. The van der Waals surface area contributed by atoms with Crippen LogP contribution in [-0.4, -0.2) is 124 Å². The Bertz CT molecular complexity index is 1200. The summed E-state index contributed by atoms with van der Waals surface area (Å²) < 4.78 is 44.8. The molecule has 4 aliphatic rings. The number of carbonyl (C=O) groups excluding carboxylic acids is 1. The molecule has 2 bridgehead atoms. The highest BCUT2D eigenvalue weighted by atomic mass is 16.7. The molecule has 4 heterocycles. The van der Waals surface area contributed by atoms with E-state index in [2.05, 4.69) is 5.32 Å². The van der Waals surface area contributed by atoms with Crippen molar-refractivity contribution < 1.29 is 58.4 Å². The van der Waals surface area contributed by atoms with E-state index in [1.54, 1.807) is 27.7 Å². The Morgan fingerprint density at radius 2 is 1.72 bits per heavy atom. The first-order valence-electron chi connectivity index (χ1n) is 18.5. The molecule has 0 aromatic carbocycles. The summed E-state index contributed by atoms with van der Waals surface area (Å²) in [7, 11) is 1.53. The molecule has 0 aromatic rings. The van der Waals surface area contributed by atoms with E-state index < -0.39 is 95.8 Å². The van der Waals surface area contributed by atoms with Gasteiger partial charge in [0.15, 0.2) is 12.6 Å². The average Bonchev–Trinajstić information content (AvgIpc) is 3.37. The maximum atomic E-state index is 14.3. The molecule has 13 heteroatoms. The van der Waals surface area contributed by atoms with Crippen molar-refractivity contribution in [3.8, 4) is 0 Å². The molecule has 0 radical (unpaired) electrons. The molecule has 0 amide bonds. The lowest BCUT2D eigenvalue weighted by molar-refractivity contribution is -0.314. The molecule has 0 aromatic heterocycles.